The Kier molecular flexibility index (Phi) is 3.96. The molecule has 7 heteroatoms. The standard InChI is InChI=1S/C12H12BrN3O3/c1-16-10(17)6-9(12(16)19)14-15-11(18)7-2-4-8(13)5-3-7/h2-5,9,14H,6H2,1H3,(H,15,18). The van der Waals surface area contributed by atoms with Gasteiger partial charge in [0, 0.05) is 17.1 Å². The Morgan fingerprint density at radius 1 is 1.32 bits per heavy atom. The van der Waals surface area contributed by atoms with E-state index < -0.39 is 6.04 Å². The number of hydrazine groups is 1. The Morgan fingerprint density at radius 3 is 2.47 bits per heavy atom. The molecule has 1 aromatic rings. The van der Waals surface area contributed by atoms with Crippen LogP contribution >= 0.6 is 15.9 Å². The van der Waals surface area contributed by atoms with Crippen LogP contribution in [0.25, 0.3) is 0 Å². The second kappa shape index (κ2) is 5.50. The molecule has 1 aliphatic rings. The summed E-state index contributed by atoms with van der Waals surface area (Å²) in [6.45, 7) is 0. The predicted octanol–water partition coefficient (Wildman–Crippen LogP) is 0.441. The number of halogens is 1. The van der Waals surface area contributed by atoms with Crippen LogP contribution in [0.15, 0.2) is 28.7 Å². The molecule has 0 bridgehead atoms. The van der Waals surface area contributed by atoms with Crippen molar-refractivity contribution in [3.8, 4) is 0 Å². The number of amides is 3. The van der Waals surface area contributed by atoms with Crippen molar-refractivity contribution in [3.05, 3.63) is 34.3 Å². The summed E-state index contributed by atoms with van der Waals surface area (Å²) in [5.41, 5.74) is 5.47. The molecule has 1 aromatic carbocycles. The summed E-state index contributed by atoms with van der Waals surface area (Å²) < 4.78 is 0.871. The number of carbonyl (C=O) groups is 3. The molecule has 1 unspecified atom stereocenters. The number of likely N-dealkylation sites (N-methyl/N-ethyl adjacent to an activating group) is 1. The van der Waals surface area contributed by atoms with Crippen molar-refractivity contribution in [2.45, 2.75) is 12.5 Å². The van der Waals surface area contributed by atoms with E-state index in [1.54, 1.807) is 24.3 Å². The molecular formula is C12H12BrN3O3. The van der Waals surface area contributed by atoms with E-state index in [2.05, 4.69) is 26.8 Å². The van der Waals surface area contributed by atoms with Gasteiger partial charge in [0.15, 0.2) is 0 Å². The number of hydrogen-bond donors (Lipinski definition) is 2. The van der Waals surface area contributed by atoms with Crippen LogP contribution in [-0.2, 0) is 9.59 Å². The minimum Gasteiger partial charge on any atom is -0.287 e. The summed E-state index contributed by atoms with van der Waals surface area (Å²) in [6.07, 6.45) is 0.0515. The molecule has 19 heavy (non-hydrogen) atoms. The first kappa shape index (κ1) is 13.7. The van der Waals surface area contributed by atoms with Gasteiger partial charge < -0.3 is 0 Å². The number of imide groups is 1. The monoisotopic (exact) mass is 325 g/mol. The predicted molar refractivity (Wildman–Crippen MR) is 70.9 cm³/mol. The zero-order valence-corrected chi connectivity index (χ0v) is 11.7. The Labute approximate surface area is 118 Å². The molecule has 0 aliphatic carbocycles. The lowest BCUT2D eigenvalue weighted by molar-refractivity contribution is -0.137. The van der Waals surface area contributed by atoms with Crippen molar-refractivity contribution < 1.29 is 14.4 Å². The lowest BCUT2D eigenvalue weighted by Gasteiger charge is -2.12. The van der Waals surface area contributed by atoms with Crippen molar-refractivity contribution in [2.24, 2.45) is 0 Å². The summed E-state index contributed by atoms with van der Waals surface area (Å²) in [7, 11) is 1.42. The fraction of sp³-hybridized carbons (Fsp3) is 0.250. The second-order valence-corrected chi connectivity index (χ2v) is 5.07. The third-order valence-corrected chi connectivity index (χ3v) is 3.38. The van der Waals surface area contributed by atoms with Gasteiger partial charge in [-0.05, 0) is 24.3 Å². The molecule has 3 amide bonds. The highest BCUT2D eigenvalue weighted by molar-refractivity contribution is 9.10. The molecule has 1 aliphatic heterocycles. The molecule has 100 valence electrons. The highest BCUT2D eigenvalue weighted by atomic mass is 79.9. The average molecular weight is 326 g/mol. The fourth-order valence-electron chi connectivity index (χ4n) is 1.69. The van der Waals surface area contributed by atoms with Gasteiger partial charge in [-0.3, -0.25) is 24.7 Å². The van der Waals surface area contributed by atoms with E-state index in [4.69, 9.17) is 0 Å². The van der Waals surface area contributed by atoms with Crippen LogP contribution in [0, 0.1) is 0 Å². The first-order valence-electron chi connectivity index (χ1n) is 5.61. The molecule has 0 saturated carbocycles. The molecule has 0 radical (unpaired) electrons. The van der Waals surface area contributed by atoms with E-state index in [1.165, 1.54) is 7.05 Å². The first-order valence-corrected chi connectivity index (χ1v) is 6.40. The number of nitrogens with zero attached hydrogens (tertiary/aromatic N) is 1. The third-order valence-electron chi connectivity index (χ3n) is 2.85. The van der Waals surface area contributed by atoms with Gasteiger partial charge in [0.05, 0.1) is 6.42 Å². The molecule has 0 spiro atoms. The van der Waals surface area contributed by atoms with Gasteiger partial charge in [0.1, 0.15) is 6.04 Å². The summed E-state index contributed by atoms with van der Waals surface area (Å²) in [5.74, 6) is -0.969. The van der Waals surface area contributed by atoms with Crippen molar-refractivity contribution >= 4 is 33.7 Å². The minimum absolute atomic E-state index is 0.0515. The maximum Gasteiger partial charge on any atom is 0.265 e. The van der Waals surface area contributed by atoms with Crippen LogP contribution < -0.4 is 10.9 Å². The molecule has 1 fully saturated rings. The largest absolute Gasteiger partial charge is 0.287 e. The van der Waals surface area contributed by atoms with Gasteiger partial charge in [-0.25, -0.2) is 5.43 Å². The average Bonchev–Trinajstić information content (AvgIpc) is 2.64. The Hall–Kier alpha value is -1.73. The van der Waals surface area contributed by atoms with E-state index >= 15 is 0 Å². The van der Waals surface area contributed by atoms with E-state index in [9.17, 15) is 14.4 Å². The second-order valence-electron chi connectivity index (χ2n) is 4.15. The molecule has 1 heterocycles. The number of likely N-dealkylation sites (tertiary alicyclic amines) is 1. The zero-order chi connectivity index (χ0) is 14.0. The van der Waals surface area contributed by atoms with Gasteiger partial charge in [-0.15, -0.1) is 0 Å². The fourth-order valence-corrected chi connectivity index (χ4v) is 1.96. The van der Waals surface area contributed by atoms with Crippen molar-refractivity contribution in [1.82, 2.24) is 15.8 Å². The van der Waals surface area contributed by atoms with E-state index in [0.29, 0.717) is 5.56 Å². The zero-order valence-electron chi connectivity index (χ0n) is 10.1. The highest BCUT2D eigenvalue weighted by Crippen LogP contribution is 2.11. The molecule has 0 aromatic heterocycles. The topological polar surface area (TPSA) is 78.5 Å². The minimum atomic E-state index is -0.697. The Bertz CT molecular complexity index is 530. The molecule has 6 nitrogen and oxygen atoms in total. The smallest absolute Gasteiger partial charge is 0.265 e. The van der Waals surface area contributed by atoms with E-state index in [0.717, 1.165) is 9.37 Å². The van der Waals surface area contributed by atoms with Gasteiger partial charge in [0.2, 0.25) is 11.8 Å². The van der Waals surface area contributed by atoms with Gasteiger partial charge in [0.25, 0.3) is 5.91 Å². The molecule has 1 saturated heterocycles. The molecular weight excluding hydrogens is 314 g/mol. The Morgan fingerprint density at radius 2 is 1.95 bits per heavy atom. The molecule has 2 N–H and O–H groups in total. The summed E-state index contributed by atoms with van der Waals surface area (Å²) >= 11 is 3.27. The van der Waals surface area contributed by atoms with Crippen molar-refractivity contribution in [2.75, 3.05) is 7.05 Å². The van der Waals surface area contributed by atoms with Gasteiger partial charge >= 0.3 is 0 Å². The number of rotatable bonds is 3. The normalized spacial score (nSPS) is 18.8. The highest BCUT2D eigenvalue weighted by Gasteiger charge is 2.36. The lowest BCUT2D eigenvalue weighted by atomic mass is 10.2. The number of carbonyl (C=O) groups excluding carboxylic acids is 3. The maximum absolute atomic E-state index is 11.8. The first-order chi connectivity index (χ1) is 8.99. The van der Waals surface area contributed by atoms with Crippen LogP contribution in [0.1, 0.15) is 16.8 Å². The summed E-state index contributed by atoms with van der Waals surface area (Å²) in [6, 6.07) is 6.08. The van der Waals surface area contributed by atoms with Crippen LogP contribution in [0.3, 0.4) is 0 Å². The van der Waals surface area contributed by atoms with E-state index in [1.807, 2.05) is 0 Å². The number of hydrogen-bond acceptors (Lipinski definition) is 4. The van der Waals surface area contributed by atoms with Crippen molar-refractivity contribution in [3.63, 3.8) is 0 Å². The van der Waals surface area contributed by atoms with Gasteiger partial charge in [-0.1, -0.05) is 15.9 Å². The quantitative estimate of drug-likeness (QED) is 0.624. The summed E-state index contributed by atoms with van der Waals surface area (Å²) in [4.78, 5) is 35.7. The Balaban J connectivity index is 1.93. The van der Waals surface area contributed by atoms with Crippen LogP contribution in [-0.4, -0.2) is 35.7 Å². The molecule has 2 rings (SSSR count). The van der Waals surface area contributed by atoms with Crippen molar-refractivity contribution in [1.29, 1.82) is 0 Å². The number of nitrogens with one attached hydrogen (secondary N) is 2. The SMILES string of the molecule is CN1C(=O)CC(NNC(=O)c2ccc(Br)cc2)C1=O. The third kappa shape index (κ3) is 2.99. The van der Waals surface area contributed by atoms with Crippen LogP contribution in [0.5, 0.6) is 0 Å². The molecule has 1 atom stereocenters. The number of benzene rings is 1. The maximum atomic E-state index is 11.8. The van der Waals surface area contributed by atoms with Gasteiger partial charge in [-0.2, -0.15) is 0 Å². The van der Waals surface area contributed by atoms with Crippen LogP contribution in [0.4, 0.5) is 0 Å². The van der Waals surface area contributed by atoms with Crippen LogP contribution in [0.2, 0.25) is 0 Å². The lowest BCUT2D eigenvalue weighted by Crippen LogP contribution is -2.47. The summed E-state index contributed by atoms with van der Waals surface area (Å²) in [5, 5.41) is 0. The van der Waals surface area contributed by atoms with E-state index in [-0.39, 0.29) is 24.1 Å².